The molecule has 0 saturated heterocycles. The number of nitrogens with zero attached hydrogens (tertiary/aromatic N) is 1. The molecule has 2 unspecified atom stereocenters. The van der Waals surface area contributed by atoms with E-state index < -0.39 is 13.9 Å². The largest absolute Gasteiger partial charge is 0.756 e. The van der Waals surface area contributed by atoms with Gasteiger partial charge in [-0.25, -0.2) is 0 Å². The summed E-state index contributed by atoms with van der Waals surface area (Å²) in [7, 11) is 2.88. The zero-order valence-corrected chi connectivity index (χ0v) is 23.8. The number of likely N-dealkylation sites (N-methyl/N-ethyl adjacent to an activating group) is 1. The molecule has 1 amide bonds. The smallest absolute Gasteiger partial charge is 0.268 e. The topological polar surface area (TPSA) is 128 Å². The van der Waals surface area contributed by atoms with E-state index in [1.165, 1.54) is 52.1 Å². The Bertz CT molecular complexity index is 544. The number of phosphoric acid groups is 1. The number of phosphoric ester groups is 1. The van der Waals surface area contributed by atoms with Gasteiger partial charge in [0.25, 0.3) is 7.82 Å². The Balaban J connectivity index is 0. The summed E-state index contributed by atoms with van der Waals surface area (Å²) in [5.74, 6) is -0.0671. The van der Waals surface area contributed by atoms with E-state index in [4.69, 9.17) is 13.8 Å². The average molecular weight is 525 g/mol. The molecule has 35 heavy (non-hydrogen) atoms. The van der Waals surface area contributed by atoms with Crippen LogP contribution in [-0.2, 0) is 23.1 Å². The number of methoxy groups -OCH3 is 1. The van der Waals surface area contributed by atoms with Crippen molar-refractivity contribution in [3.63, 3.8) is 0 Å². The molecule has 2 radical (unpaired) electrons. The van der Waals surface area contributed by atoms with Gasteiger partial charge in [-0.2, -0.15) is 0 Å². The van der Waals surface area contributed by atoms with Crippen LogP contribution in [0.5, 0.6) is 0 Å². The number of ether oxygens (including phenoxy) is 1. The number of carbonyl (C=O) groups is 1. The van der Waals surface area contributed by atoms with Gasteiger partial charge >= 0.3 is 0 Å². The quantitative estimate of drug-likeness (QED) is 0.117. The highest BCUT2D eigenvalue weighted by Gasteiger charge is 2.17. The molecule has 9 nitrogen and oxygen atoms in total. The van der Waals surface area contributed by atoms with E-state index in [0.717, 1.165) is 32.1 Å². The van der Waals surface area contributed by atoms with Crippen LogP contribution in [0.25, 0.3) is 0 Å². The highest BCUT2D eigenvalue weighted by molar-refractivity contribution is 7.45. The van der Waals surface area contributed by atoms with E-state index in [0.29, 0.717) is 17.4 Å². The number of hydrogen-bond acceptors (Lipinski definition) is 6. The Morgan fingerprint density at radius 1 is 0.971 bits per heavy atom. The first-order valence-corrected chi connectivity index (χ1v) is 14.5. The molecule has 0 aromatic carbocycles. The summed E-state index contributed by atoms with van der Waals surface area (Å²) in [5.41, 5.74) is 0. The van der Waals surface area contributed by atoms with E-state index in [2.05, 4.69) is 18.7 Å². The highest BCUT2D eigenvalue weighted by atomic mass is 31.2. The molecule has 0 aliphatic carbocycles. The molecule has 0 aromatic heterocycles. The molecule has 0 rings (SSSR count). The summed E-state index contributed by atoms with van der Waals surface area (Å²) in [6, 6.07) is 0. The van der Waals surface area contributed by atoms with Crippen molar-refractivity contribution in [1.29, 1.82) is 0 Å². The van der Waals surface area contributed by atoms with Crippen molar-refractivity contribution < 1.29 is 38.0 Å². The monoisotopic (exact) mass is 524 g/mol. The fourth-order valence-electron chi connectivity index (χ4n) is 3.21. The maximum atomic E-state index is 12.0. The summed E-state index contributed by atoms with van der Waals surface area (Å²) >= 11 is 0. The molecule has 3 N–H and O–H groups in total. The SMILES string of the molecule is CCCCCCCCC[C]CCCCCC(=O)NCC(COP(=O)([O-])OCC[N+](C)(C)C)OC.O. The van der Waals surface area contributed by atoms with Gasteiger partial charge in [-0.15, -0.1) is 0 Å². The van der Waals surface area contributed by atoms with Gasteiger partial charge in [0, 0.05) is 20.1 Å². The Morgan fingerprint density at radius 3 is 2.11 bits per heavy atom. The molecule has 210 valence electrons. The Kier molecular flexibility index (Phi) is 23.7. The lowest BCUT2D eigenvalue weighted by Crippen LogP contribution is -2.38. The van der Waals surface area contributed by atoms with Crippen molar-refractivity contribution in [2.24, 2.45) is 0 Å². The van der Waals surface area contributed by atoms with Crippen molar-refractivity contribution in [3.8, 4) is 0 Å². The van der Waals surface area contributed by atoms with Crippen molar-refractivity contribution in [1.82, 2.24) is 5.32 Å². The van der Waals surface area contributed by atoms with Gasteiger partial charge in [0.05, 0.1) is 33.9 Å². The van der Waals surface area contributed by atoms with Gasteiger partial charge in [0.1, 0.15) is 13.2 Å². The Hall–Kier alpha value is -0.540. The second-order valence-electron chi connectivity index (χ2n) is 9.93. The molecule has 0 aliphatic rings. The zero-order chi connectivity index (χ0) is 25.7. The first kappa shape index (κ1) is 36.6. The molecule has 2 atom stereocenters. The minimum Gasteiger partial charge on any atom is -0.756 e. The number of amides is 1. The molecule has 10 heteroatoms. The summed E-state index contributed by atoms with van der Waals surface area (Å²) < 4.78 is 27.4. The molecule has 0 heterocycles. The predicted molar refractivity (Wildman–Crippen MR) is 139 cm³/mol. The van der Waals surface area contributed by atoms with Crippen LogP contribution in [0, 0.1) is 6.42 Å². The van der Waals surface area contributed by atoms with Gasteiger partial charge in [-0.05, 0) is 25.7 Å². The maximum Gasteiger partial charge on any atom is 0.268 e. The van der Waals surface area contributed by atoms with Crippen LogP contribution in [0.2, 0.25) is 0 Å². The Labute approximate surface area is 214 Å². The zero-order valence-electron chi connectivity index (χ0n) is 22.9. The third-order valence-electron chi connectivity index (χ3n) is 5.50. The highest BCUT2D eigenvalue weighted by Crippen LogP contribution is 2.38. The average Bonchev–Trinajstić information content (AvgIpc) is 2.76. The van der Waals surface area contributed by atoms with Crippen molar-refractivity contribution in [2.75, 3.05) is 54.6 Å². The van der Waals surface area contributed by atoms with E-state index in [1.807, 2.05) is 21.1 Å². The number of quaternary nitrogens is 1. The number of rotatable bonds is 24. The molecular formula is C25H53N2O7P. The summed E-state index contributed by atoms with van der Waals surface area (Å²) in [4.78, 5) is 23.9. The van der Waals surface area contributed by atoms with Gasteiger partial charge in [0.15, 0.2) is 0 Å². The third kappa shape index (κ3) is 26.3. The maximum absolute atomic E-state index is 12.0. The first-order valence-electron chi connectivity index (χ1n) is 13.0. The standard InChI is InChI=1S/C25H51N2O6P.H2O/c1-6-7-8-9-10-11-12-13-14-15-16-17-18-19-25(28)26-22-24(31-5)23-33-34(29,30)32-21-20-27(2,3)4;/h24H,6-13,15-23H2,1-5H3,(H-,26,28,29,30);1H2. The fourth-order valence-corrected chi connectivity index (χ4v) is 3.94. The third-order valence-corrected chi connectivity index (χ3v) is 6.47. The minimum atomic E-state index is -4.40. The van der Waals surface area contributed by atoms with Gasteiger partial charge in [0.2, 0.25) is 5.91 Å². The molecule has 0 aliphatic heterocycles. The van der Waals surface area contributed by atoms with Gasteiger partial charge in [-0.3, -0.25) is 9.36 Å². The van der Waals surface area contributed by atoms with E-state index in [-0.39, 0.29) is 31.1 Å². The Morgan fingerprint density at radius 2 is 1.54 bits per heavy atom. The number of hydrogen-bond donors (Lipinski definition) is 1. The normalized spacial score (nSPS) is 14.2. The van der Waals surface area contributed by atoms with Crippen LogP contribution >= 0.6 is 7.82 Å². The molecular weight excluding hydrogens is 471 g/mol. The van der Waals surface area contributed by atoms with Crippen molar-refractivity contribution >= 4 is 13.7 Å². The van der Waals surface area contributed by atoms with Crippen LogP contribution in [0.15, 0.2) is 0 Å². The minimum absolute atomic E-state index is 0. The van der Waals surface area contributed by atoms with Crippen molar-refractivity contribution in [3.05, 3.63) is 6.42 Å². The number of unbranched alkanes of at least 4 members (excludes halogenated alkanes) is 12. The first-order chi connectivity index (χ1) is 16.1. The molecule has 0 bridgehead atoms. The van der Waals surface area contributed by atoms with Crippen LogP contribution in [0.1, 0.15) is 90.4 Å². The van der Waals surface area contributed by atoms with E-state index in [1.54, 1.807) is 0 Å². The summed E-state index contributed by atoms with van der Waals surface area (Å²) in [5, 5.41) is 2.78. The lowest BCUT2D eigenvalue weighted by Gasteiger charge is -2.28. The second-order valence-corrected chi connectivity index (χ2v) is 11.3. The van der Waals surface area contributed by atoms with Gasteiger partial charge in [-0.1, -0.05) is 64.7 Å². The van der Waals surface area contributed by atoms with Crippen LogP contribution in [0.3, 0.4) is 0 Å². The second kappa shape index (κ2) is 22.6. The summed E-state index contributed by atoms with van der Waals surface area (Å²) in [6.07, 6.45) is 17.6. The van der Waals surface area contributed by atoms with Crippen LogP contribution < -0.4 is 10.2 Å². The predicted octanol–water partition coefficient (Wildman–Crippen LogP) is 3.67. The van der Waals surface area contributed by atoms with Crippen molar-refractivity contribution in [2.45, 2.75) is 96.5 Å². The number of carbonyl (C=O) groups excluding carboxylic acids is 1. The fraction of sp³-hybridized carbons (Fsp3) is 0.920. The summed E-state index contributed by atoms with van der Waals surface area (Å²) in [6.45, 7) is 2.82. The lowest BCUT2D eigenvalue weighted by molar-refractivity contribution is -0.870. The van der Waals surface area contributed by atoms with Crippen LogP contribution in [0.4, 0.5) is 0 Å². The molecule has 0 aromatic rings. The number of nitrogens with one attached hydrogen (secondary N) is 1. The molecule has 0 fully saturated rings. The van der Waals surface area contributed by atoms with E-state index in [9.17, 15) is 14.3 Å². The molecule has 0 spiro atoms. The lowest BCUT2D eigenvalue weighted by atomic mass is 10.0. The van der Waals surface area contributed by atoms with Gasteiger partial charge < -0.3 is 34.0 Å². The molecule has 0 saturated carbocycles. The van der Waals surface area contributed by atoms with E-state index >= 15 is 0 Å². The van der Waals surface area contributed by atoms with Crippen LogP contribution in [-0.4, -0.2) is 76.5 Å².